The van der Waals surface area contributed by atoms with Gasteiger partial charge in [0.2, 0.25) is 5.91 Å². The van der Waals surface area contributed by atoms with Crippen LogP contribution in [0.5, 0.6) is 0 Å². The lowest BCUT2D eigenvalue weighted by atomic mass is 10.1. The summed E-state index contributed by atoms with van der Waals surface area (Å²) in [6.45, 7) is 2.56. The molecule has 0 fully saturated rings. The average Bonchev–Trinajstić information content (AvgIpc) is 3.09. The molecule has 1 heterocycles. The fourth-order valence-corrected chi connectivity index (χ4v) is 3.72. The van der Waals surface area contributed by atoms with Gasteiger partial charge >= 0.3 is 0 Å². The van der Waals surface area contributed by atoms with Crippen LogP contribution in [0, 0.1) is 0 Å². The minimum absolute atomic E-state index is 0.0277. The van der Waals surface area contributed by atoms with Crippen molar-refractivity contribution in [2.24, 2.45) is 0 Å². The summed E-state index contributed by atoms with van der Waals surface area (Å²) in [6, 6.07) is 25.3. The van der Waals surface area contributed by atoms with Gasteiger partial charge in [0.1, 0.15) is 5.82 Å². The second-order valence-corrected chi connectivity index (χ2v) is 7.50. The van der Waals surface area contributed by atoms with Crippen LogP contribution in [0.25, 0.3) is 11.0 Å². The van der Waals surface area contributed by atoms with Gasteiger partial charge in [-0.3, -0.25) is 4.79 Å². The number of carbonyl (C=O) groups excluding carboxylic acids is 1. The zero-order valence-electron chi connectivity index (χ0n) is 16.2. The number of para-hydroxylation sites is 2. The number of hydrogen-bond donors (Lipinski definition) is 1. The van der Waals surface area contributed by atoms with Crippen LogP contribution in [0.3, 0.4) is 0 Å². The van der Waals surface area contributed by atoms with Crippen molar-refractivity contribution in [1.29, 1.82) is 0 Å². The minimum atomic E-state index is -0.235. The van der Waals surface area contributed by atoms with Gasteiger partial charge in [-0.25, -0.2) is 4.98 Å². The molecule has 0 radical (unpaired) electrons. The van der Waals surface area contributed by atoms with Crippen molar-refractivity contribution >= 4 is 28.5 Å². The molecular formula is C24H22ClN3O. The summed E-state index contributed by atoms with van der Waals surface area (Å²) in [5.41, 5.74) is 3.92. The first-order chi connectivity index (χ1) is 14.1. The molecule has 0 saturated carbocycles. The van der Waals surface area contributed by atoms with Gasteiger partial charge in [-0.05, 0) is 36.2 Å². The zero-order valence-corrected chi connectivity index (χ0v) is 16.9. The summed E-state index contributed by atoms with van der Waals surface area (Å²) < 4.78 is 2.13. The van der Waals surface area contributed by atoms with Gasteiger partial charge in [0.25, 0.3) is 0 Å². The third kappa shape index (κ3) is 4.33. The number of nitrogens with zero attached hydrogens (tertiary/aromatic N) is 2. The molecule has 5 heteroatoms. The summed E-state index contributed by atoms with van der Waals surface area (Å²) in [6.07, 6.45) is 0.343. The first-order valence-corrected chi connectivity index (χ1v) is 10.0. The van der Waals surface area contributed by atoms with E-state index in [1.807, 2.05) is 85.8 Å². The Balaban J connectivity index is 1.62. The number of halogens is 1. The Bertz CT molecular complexity index is 1140. The highest BCUT2D eigenvalue weighted by Gasteiger charge is 2.19. The Hall–Kier alpha value is -3.11. The highest BCUT2D eigenvalue weighted by atomic mass is 35.5. The lowest BCUT2D eigenvalue weighted by Crippen LogP contribution is -2.30. The Morgan fingerprint density at radius 1 is 1.00 bits per heavy atom. The zero-order chi connectivity index (χ0) is 20.2. The molecule has 29 heavy (non-hydrogen) atoms. The third-order valence-corrected chi connectivity index (χ3v) is 5.31. The molecule has 146 valence electrons. The predicted molar refractivity (Wildman–Crippen MR) is 117 cm³/mol. The van der Waals surface area contributed by atoms with E-state index < -0.39 is 0 Å². The molecule has 0 aliphatic carbocycles. The summed E-state index contributed by atoms with van der Waals surface area (Å²) in [4.78, 5) is 17.4. The van der Waals surface area contributed by atoms with E-state index in [1.54, 1.807) is 0 Å². The van der Waals surface area contributed by atoms with Gasteiger partial charge in [0.05, 0.1) is 30.0 Å². The summed E-state index contributed by atoms with van der Waals surface area (Å²) >= 11 is 6.40. The second kappa shape index (κ2) is 8.50. The fraction of sp³-hybridized carbons (Fsp3) is 0.167. The van der Waals surface area contributed by atoms with Crippen LogP contribution in [-0.2, 0) is 17.8 Å². The highest BCUT2D eigenvalue weighted by Crippen LogP contribution is 2.24. The fourth-order valence-electron chi connectivity index (χ4n) is 3.53. The first kappa shape index (κ1) is 19.2. The molecule has 0 unspecified atom stereocenters. The second-order valence-electron chi connectivity index (χ2n) is 7.09. The van der Waals surface area contributed by atoms with E-state index in [-0.39, 0.29) is 11.9 Å². The quantitative estimate of drug-likeness (QED) is 0.483. The Labute approximate surface area is 175 Å². The molecule has 0 bridgehead atoms. The molecule has 4 aromatic rings. The number of nitrogens with one attached hydrogen (secondary N) is 1. The summed E-state index contributed by atoms with van der Waals surface area (Å²) in [7, 11) is 0. The smallest absolute Gasteiger partial charge is 0.224 e. The maximum absolute atomic E-state index is 12.6. The lowest BCUT2D eigenvalue weighted by Gasteiger charge is -2.17. The summed E-state index contributed by atoms with van der Waals surface area (Å²) in [5, 5.41) is 3.81. The van der Waals surface area contributed by atoms with Gasteiger partial charge in [0.15, 0.2) is 0 Å². The molecule has 0 saturated heterocycles. The molecular weight excluding hydrogens is 382 g/mol. The van der Waals surface area contributed by atoms with E-state index in [1.165, 1.54) is 0 Å². The number of fused-ring (bicyclic) bond motifs is 1. The molecule has 1 atom stereocenters. The van der Waals surface area contributed by atoms with Crippen LogP contribution in [0.2, 0.25) is 5.02 Å². The van der Waals surface area contributed by atoms with E-state index in [0.717, 1.165) is 33.0 Å². The van der Waals surface area contributed by atoms with Crippen LogP contribution < -0.4 is 5.32 Å². The molecule has 1 aromatic heterocycles. The SMILES string of the molecule is C[C@H](NC(=O)Cc1ccccc1)c1nc2ccccc2n1Cc1ccccc1Cl. The minimum Gasteiger partial charge on any atom is -0.346 e. The van der Waals surface area contributed by atoms with E-state index in [0.29, 0.717) is 13.0 Å². The van der Waals surface area contributed by atoms with E-state index >= 15 is 0 Å². The predicted octanol–water partition coefficient (Wildman–Crippen LogP) is 5.16. The van der Waals surface area contributed by atoms with Crippen LogP contribution in [0.1, 0.15) is 29.9 Å². The van der Waals surface area contributed by atoms with Crippen LogP contribution >= 0.6 is 11.6 Å². The van der Waals surface area contributed by atoms with Crippen LogP contribution in [0.4, 0.5) is 0 Å². The molecule has 0 aliphatic rings. The van der Waals surface area contributed by atoms with Gasteiger partial charge in [-0.15, -0.1) is 0 Å². The molecule has 4 rings (SSSR count). The van der Waals surface area contributed by atoms with Crippen molar-refractivity contribution in [2.45, 2.75) is 25.9 Å². The molecule has 0 aliphatic heterocycles. The monoisotopic (exact) mass is 403 g/mol. The topological polar surface area (TPSA) is 46.9 Å². The number of aromatic nitrogens is 2. The van der Waals surface area contributed by atoms with Crippen molar-refractivity contribution in [3.05, 3.63) is 101 Å². The lowest BCUT2D eigenvalue weighted by molar-refractivity contribution is -0.121. The van der Waals surface area contributed by atoms with E-state index in [4.69, 9.17) is 16.6 Å². The Morgan fingerprint density at radius 3 is 2.48 bits per heavy atom. The van der Waals surface area contributed by atoms with Crippen molar-refractivity contribution in [3.63, 3.8) is 0 Å². The van der Waals surface area contributed by atoms with E-state index in [2.05, 4.69) is 9.88 Å². The molecule has 1 N–H and O–H groups in total. The van der Waals surface area contributed by atoms with Crippen LogP contribution in [-0.4, -0.2) is 15.5 Å². The first-order valence-electron chi connectivity index (χ1n) is 9.63. The molecule has 1 amide bonds. The summed E-state index contributed by atoms with van der Waals surface area (Å²) in [5.74, 6) is 0.785. The molecule has 0 spiro atoms. The van der Waals surface area contributed by atoms with Crippen molar-refractivity contribution in [2.75, 3.05) is 0 Å². The number of imidazole rings is 1. The van der Waals surface area contributed by atoms with Gasteiger partial charge in [-0.2, -0.15) is 0 Å². The van der Waals surface area contributed by atoms with Crippen molar-refractivity contribution in [3.8, 4) is 0 Å². The molecule has 3 aromatic carbocycles. The highest BCUT2D eigenvalue weighted by molar-refractivity contribution is 6.31. The number of carbonyl (C=O) groups is 1. The van der Waals surface area contributed by atoms with Crippen LogP contribution in [0.15, 0.2) is 78.9 Å². The number of amides is 1. The third-order valence-electron chi connectivity index (χ3n) is 4.94. The maximum Gasteiger partial charge on any atom is 0.224 e. The average molecular weight is 404 g/mol. The molecule has 4 nitrogen and oxygen atoms in total. The Morgan fingerprint density at radius 2 is 1.69 bits per heavy atom. The van der Waals surface area contributed by atoms with Gasteiger partial charge < -0.3 is 9.88 Å². The number of hydrogen-bond acceptors (Lipinski definition) is 2. The maximum atomic E-state index is 12.6. The van der Waals surface area contributed by atoms with Gasteiger partial charge in [0, 0.05) is 5.02 Å². The van der Waals surface area contributed by atoms with E-state index in [9.17, 15) is 4.79 Å². The largest absolute Gasteiger partial charge is 0.346 e. The number of rotatable bonds is 6. The Kier molecular flexibility index (Phi) is 5.63. The van der Waals surface area contributed by atoms with Crippen molar-refractivity contribution < 1.29 is 4.79 Å². The normalized spacial score (nSPS) is 12.1. The standard InChI is InChI=1S/C24H22ClN3O/c1-17(26-23(29)15-18-9-3-2-4-10-18)24-27-21-13-7-8-14-22(21)28(24)16-19-11-5-6-12-20(19)25/h2-14,17H,15-16H2,1H3,(H,26,29)/t17-/m0/s1. The van der Waals surface area contributed by atoms with Gasteiger partial charge in [-0.1, -0.05) is 72.3 Å². The van der Waals surface area contributed by atoms with Crippen molar-refractivity contribution in [1.82, 2.24) is 14.9 Å². The number of benzene rings is 3.